The average molecular weight is 308 g/mol. The standard InChI is InChI=1S/C16H15Cl2NO/c1-10-4-5-11(2)15(6-10)19-9-12-7-13(17)16(20-3)14(18)8-12/h4-9H,1-3H3. The molecule has 4 heteroatoms. The molecule has 0 N–H and O–H groups in total. The van der Waals surface area contributed by atoms with Gasteiger partial charge >= 0.3 is 0 Å². The molecule has 0 aromatic heterocycles. The van der Waals surface area contributed by atoms with Crippen molar-refractivity contribution in [2.75, 3.05) is 7.11 Å². The molecule has 0 aliphatic heterocycles. The molecule has 20 heavy (non-hydrogen) atoms. The minimum Gasteiger partial charge on any atom is -0.494 e. The number of ether oxygens (including phenoxy) is 1. The lowest BCUT2D eigenvalue weighted by Crippen LogP contribution is -1.89. The van der Waals surface area contributed by atoms with Crippen LogP contribution in [0.15, 0.2) is 35.3 Å². The third-order valence-electron chi connectivity index (χ3n) is 2.94. The summed E-state index contributed by atoms with van der Waals surface area (Å²) < 4.78 is 5.12. The van der Waals surface area contributed by atoms with Gasteiger partial charge in [0.05, 0.1) is 22.8 Å². The van der Waals surface area contributed by atoms with Crippen LogP contribution in [0, 0.1) is 13.8 Å². The Bertz CT molecular complexity index is 643. The largest absolute Gasteiger partial charge is 0.494 e. The SMILES string of the molecule is COc1c(Cl)cc(C=Nc2cc(C)ccc2C)cc1Cl. The zero-order valence-corrected chi connectivity index (χ0v) is 13.1. The quantitative estimate of drug-likeness (QED) is 0.699. The first-order chi connectivity index (χ1) is 9.51. The van der Waals surface area contributed by atoms with E-state index in [1.165, 1.54) is 12.7 Å². The molecule has 0 amide bonds. The van der Waals surface area contributed by atoms with Crippen molar-refractivity contribution in [2.45, 2.75) is 13.8 Å². The minimum absolute atomic E-state index is 0.474. The molecule has 2 aromatic carbocycles. The van der Waals surface area contributed by atoms with Crippen LogP contribution in [0.3, 0.4) is 0 Å². The summed E-state index contributed by atoms with van der Waals surface area (Å²) in [6.07, 6.45) is 1.75. The Morgan fingerprint density at radius 3 is 2.30 bits per heavy atom. The van der Waals surface area contributed by atoms with Gasteiger partial charge in [-0.05, 0) is 48.7 Å². The summed E-state index contributed by atoms with van der Waals surface area (Å²) in [5.74, 6) is 0.484. The van der Waals surface area contributed by atoms with Crippen LogP contribution in [-0.4, -0.2) is 13.3 Å². The van der Waals surface area contributed by atoms with E-state index in [1.54, 1.807) is 18.3 Å². The highest BCUT2D eigenvalue weighted by atomic mass is 35.5. The summed E-state index contributed by atoms with van der Waals surface area (Å²) in [7, 11) is 1.54. The Kier molecular flexibility index (Phi) is 4.69. The van der Waals surface area contributed by atoms with Crippen LogP contribution < -0.4 is 4.74 Å². The smallest absolute Gasteiger partial charge is 0.156 e. The van der Waals surface area contributed by atoms with Gasteiger partial charge in [-0.2, -0.15) is 0 Å². The molecule has 0 saturated carbocycles. The maximum atomic E-state index is 6.10. The number of aliphatic imine (C=N–C) groups is 1. The molecule has 2 nitrogen and oxygen atoms in total. The van der Waals surface area contributed by atoms with Crippen molar-refractivity contribution < 1.29 is 4.74 Å². The summed E-state index contributed by atoms with van der Waals surface area (Å²) >= 11 is 12.2. The topological polar surface area (TPSA) is 21.6 Å². The van der Waals surface area contributed by atoms with Gasteiger partial charge in [-0.25, -0.2) is 0 Å². The van der Waals surface area contributed by atoms with E-state index in [0.29, 0.717) is 15.8 Å². The first kappa shape index (κ1) is 14.9. The van der Waals surface area contributed by atoms with Crippen LogP contribution in [0.5, 0.6) is 5.75 Å². The molecule has 0 unspecified atom stereocenters. The van der Waals surface area contributed by atoms with E-state index >= 15 is 0 Å². The molecule has 0 aliphatic carbocycles. The Morgan fingerprint density at radius 2 is 1.70 bits per heavy atom. The Labute approximate surface area is 129 Å². The second-order valence-corrected chi connectivity index (χ2v) is 5.38. The molecule has 2 aromatic rings. The van der Waals surface area contributed by atoms with E-state index in [9.17, 15) is 0 Å². The van der Waals surface area contributed by atoms with Gasteiger partial charge in [-0.3, -0.25) is 4.99 Å². The molecule has 0 atom stereocenters. The number of rotatable bonds is 3. The van der Waals surface area contributed by atoms with Gasteiger partial charge in [0.15, 0.2) is 5.75 Å². The lowest BCUT2D eigenvalue weighted by atomic mass is 10.1. The summed E-state index contributed by atoms with van der Waals surface area (Å²) in [5.41, 5.74) is 4.07. The number of nitrogens with zero attached hydrogens (tertiary/aromatic N) is 1. The van der Waals surface area contributed by atoms with E-state index in [0.717, 1.165) is 16.8 Å². The molecule has 0 radical (unpaired) electrons. The number of halogens is 2. The van der Waals surface area contributed by atoms with Gasteiger partial charge in [-0.15, -0.1) is 0 Å². The second kappa shape index (κ2) is 6.29. The fourth-order valence-electron chi connectivity index (χ4n) is 1.85. The van der Waals surface area contributed by atoms with Gasteiger partial charge in [-0.1, -0.05) is 35.3 Å². The van der Waals surface area contributed by atoms with Crippen LogP contribution in [0.1, 0.15) is 16.7 Å². The molecule has 0 heterocycles. The third-order valence-corrected chi connectivity index (χ3v) is 3.50. The highest BCUT2D eigenvalue weighted by Gasteiger charge is 2.07. The minimum atomic E-state index is 0.474. The monoisotopic (exact) mass is 307 g/mol. The second-order valence-electron chi connectivity index (χ2n) is 4.57. The Morgan fingerprint density at radius 1 is 1.05 bits per heavy atom. The van der Waals surface area contributed by atoms with Crippen LogP contribution in [-0.2, 0) is 0 Å². The summed E-state index contributed by atoms with van der Waals surface area (Å²) in [4.78, 5) is 4.49. The van der Waals surface area contributed by atoms with Crippen LogP contribution >= 0.6 is 23.2 Å². The Hall–Kier alpha value is -1.51. The molecule has 0 bridgehead atoms. The van der Waals surface area contributed by atoms with Gasteiger partial charge in [0.1, 0.15) is 0 Å². The first-order valence-corrected chi connectivity index (χ1v) is 6.91. The highest BCUT2D eigenvalue weighted by molar-refractivity contribution is 6.37. The van der Waals surface area contributed by atoms with Crippen molar-refractivity contribution in [2.24, 2.45) is 4.99 Å². The molecule has 2 rings (SSSR count). The fourth-order valence-corrected chi connectivity index (χ4v) is 2.51. The van der Waals surface area contributed by atoms with Crippen molar-refractivity contribution in [3.05, 3.63) is 57.1 Å². The van der Waals surface area contributed by atoms with Crippen LogP contribution in [0.25, 0.3) is 0 Å². The number of aryl methyl sites for hydroxylation is 2. The Balaban J connectivity index is 2.34. The number of benzene rings is 2. The van der Waals surface area contributed by atoms with Crippen LogP contribution in [0.2, 0.25) is 10.0 Å². The summed E-state index contributed by atoms with van der Waals surface area (Å²) in [5, 5.41) is 0.949. The molecular formula is C16H15Cl2NO. The molecular weight excluding hydrogens is 293 g/mol. The number of methoxy groups -OCH3 is 1. The van der Waals surface area contributed by atoms with Crippen molar-refractivity contribution in [1.29, 1.82) is 0 Å². The molecule has 0 spiro atoms. The van der Waals surface area contributed by atoms with E-state index in [4.69, 9.17) is 27.9 Å². The average Bonchev–Trinajstić information content (AvgIpc) is 2.39. The van der Waals surface area contributed by atoms with E-state index < -0.39 is 0 Å². The number of hydrogen-bond acceptors (Lipinski definition) is 2. The predicted molar refractivity (Wildman–Crippen MR) is 86.2 cm³/mol. The van der Waals surface area contributed by atoms with Crippen LogP contribution in [0.4, 0.5) is 5.69 Å². The molecule has 104 valence electrons. The highest BCUT2D eigenvalue weighted by Crippen LogP contribution is 2.33. The lowest BCUT2D eigenvalue weighted by Gasteiger charge is -2.06. The molecule has 0 aliphatic rings. The van der Waals surface area contributed by atoms with E-state index in [-0.39, 0.29) is 0 Å². The van der Waals surface area contributed by atoms with Crippen molar-refractivity contribution in [3.8, 4) is 5.75 Å². The zero-order chi connectivity index (χ0) is 14.7. The lowest BCUT2D eigenvalue weighted by molar-refractivity contribution is 0.415. The predicted octanol–water partition coefficient (Wildman–Crippen LogP) is 5.37. The van der Waals surface area contributed by atoms with Gasteiger partial charge in [0.2, 0.25) is 0 Å². The zero-order valence-electron chi connectivity index (χ0n) is 11.6. The fraction of sp³-hybridized carbons (Fsp3) is 0.188. The van der Waals surface area contributed by atoms with E-state index in [1.807, 2.05) is 19.9 Å². The number of hydrogen-bond donors (Lipinski definition) is 0. The summed E-state index contributed by atoms with van der Waals surface area (Å²) in [6, 6.07) is 9.71. The van der Waals surface area contributed by atoms with Gasteiger partial charge in [0.25, 0.3) is 0 Å². The third kappa shape index (κ3) is 3.33. The first-order valence-electron chi connectivity index (χ1n) is 6.15. The van der Waals surface area contributed by atoms with Crippen molar-refractivity contribution in [3.63, 3.8) is 0 Å². The van der Waals surface area contributed by atoms with Gasteiger partial charge in [0, 0.05) is 6.21 Å². The molecule has 0 fully saturated rings. The van der Waals surface area contributed by atoms with Gasteiger partial charge < -0.3 is 4.74 Å². The van der Waals surface area contributed by atoms with Crippen molar-refractivity contribution >= 4 is 35.1 Å². The normalized spacial score (nSPS) is 11.1. The molecule has 0 saturated heterocycles. The summed E-state index contributed by atoms with van der Waals surface area (Å²) in [6.45, 7) is 4.07. The van der Waals surface area contributed by atoms with E-state index in [2.05, 4.69) is 17.1 Å². The maximum absolute atomic E-state index is 6.10. The maximum Gasteiger partial charge on any atom is 0.156 e. The van der Waals surface area contributed by atoms with Crippen molar-refractivity contribution in [1.82, 2.24) is 0 Å².